The molecule has 0 radical (unpaired) electrons. The lowest BCUT2D eigenvalue weighted by molar-refractivity contribution is 0.0697. The van der Waals surface area contributed by atoms with E-state index in [1.165, 1.54) is 29.5 Å². The number of aromatic carboxylic acids is 1. The fourth-order valence-corrected chi connectivity index (χ4v) is 2.00. The lowest BCUT2D eigenvalue weighted by atomic mass is 10.2. The summed E-state index contributed by atoms with van der Waals surface area (Å²) in [7, 11) is 0. The van der Waals surface area contributed by atoms with Crippen molar-refractivity contribution in [3.05, 3.63) is 53.2 Å². The average molecular weight is 346 g/mol. The van der Waals surface area contributed by atoms with Gasteiger partial charge in [-0.1, -0.05) is 0 Å². The number of halogens is 1. The van der Waals surface area contributed by atoms with E-state index in [0.717, 1.165) is 4.47 Å². The molecule has 0 atom stereocenters. The lowest BCUT2D eigenvalue weighted by Gasteiger charge is -1.99. The van der Waals surface area contributed by atoms with E-state index in [0.29, 0.717) is 11.5 Å². The molecule has 8 heteroatoms. The van der Waals surface area contributed by atoms with Crippen molar-refractivity contribution >= 4 is 21.9 Å². The van der Waals surface area contributed by atoms with Crippen molar-refractivity contribution < 1.29 is 9.90 Å². The second-order valence-electron chi connectivity index (χ2n) is 4.07. The number of rotatable bonds is 3. The number of hydrogen-bond donors (Lipinski definition) is 1. The molecule has 0 aliphatic rings. The van der Waals surface area contributed by atoms with Gasteiger partial charge in [0.15, 0.2) is 5.82 Å². The Morgan fingerprint density at radius 2 is 2.05 bits per heavy atom. The summed E-state index contributed by atoms with van der Waals surface area (Å²) < 4.78 is 2.23. The van der Waals surface area contributed by atoms with Gasteiger partial charge in [-0.05, 0) is 28.1 Å². The van der Waals surface area contributed by atoms with E-state index in [4.69, 9.17) is 0 Å². The van der Waals surface area contributed by atoms with E-state index in [1.54, 1.807) is 18.3 Å². The van der Waals surface area contributed by atoms with Gasteiger partial charge in [0.25, 0.3) is 0 Å². The highest BCUT2D eigenvalue weighted by molar-refractivity contribution is 9.10. The minimum atomic E-state index is -1.08. The molecule has 0 unspecified atom stereocenters. The molecule has 0 aliphatic heterocycles. The Morgan fingerprint density at radius 3 is 2.67 bits per heavy atom. The summed E-state index contributed by atoms with van der Waals surface area (Å²) in [5.74, 6) is -0.574. The SMILES string of the molecule is O=C(O)c1cn(-c2ccc(Br)cn2)nc1-c1cnccn1. The number of hydrogen-bond acceptors (Lipinski definition) is 5. The van der Waals surface area contributed by atoms with Gasteiger partial charge in [-0.25, -0.2) is 14.5 Å². The molecule has 3 aromatic heterocycles. The van der Waals surface area contributed by atoms with Crippen LogP contribution >= 0.6 is 15.9 Å². The molecule has 0 bridgehead atoms. The zero-order valence-electron chi connectivity index (χ0n) is 10.5. The van der Waals surface area contributed by atoms with Gasteiger partial charge < -0.3 is 5.11 Å². The summed E-state index contributed by atoms with van der Waals surface area (Å²) in [5, 5.41) is 13.6. The minimum absolute atomic E-state index is 0.0419. The topological polar surface area (TPSA) is 93.8 Å². The monoisotopic (exact) mass is 345 g/mol. The molecule has 0 saturated carbocycles. The normalized spacial score (nSPS) is 10.5. The highest BCUT2D eigenvalue weighted by Gasteiger charge is 2.19. The van der Waals surface area contributed by atoms with E-state index >= 15 is 0 Å². The number of carboxylic acids is 1. The molecule has 0 fully saturated rings. The van der Waals surface area contributed by atoms with Crippen LogP contribution in [-0.2, 0) is 0 Å². The van der Waals surface area contributed by atoms with Crippen molar-refractivity contribution in [1.29, 1.82) is 0 Å². The maximum atomic E-state index is 11.4. The molecule has 7 nitrogen and oxygen atoms in total. The third-order valence-corrected chi connectivity index (χ3v) is 3.17. The third-order valence-electron chi connectivity index (χ3n) is 2.70. The summed E-state index contributed by atoms with van der Waals surface area (Å²) in [4.78, 5) is 23.6. The van der Waals surface area contributed by atoms with Crippen LogP contribution in [0.1, 0.15) is 10.4 Å². The number of pyridine rings is 1. The first-order chi connectivity index (χ1) is 10.1. The van der Waals surface area contributed by atoms with Crippen molar-refractivity contribution in [3.8, 4) is 17.2 Å². The first-order valence-electron chi connectivity index (χ1n) is 5.86. The Kier molecular flexibility index (Phi) is 3.44. The first kappa shape index (κ1) is 13.4. The van der Waals surface area contributed by atoms with Gasteiger partial charge in [-0.15, -0.1) is 0 Å². The Balaban J connectivity index is 2.13. The quantitative estimate of drug-likeness (QED) is 0.781. The second-order valence-corrected chi connectivity index (χ2v) is 4.98. The predicted octanol–water partition coefficient (Wildman–Crippen LogP) is 2.18. The van der Waals surface area contributed by atoms with Gasteiger partial charge in [0, 0.05) is 29.3 Å². The molecule has 104 valence electrons. The lowest BCUT2D eigenvalue weighted by Crippen LogP contribution is -1.98. The van der Waals surface area contributed by atoms with Crippen LogP contribution in [0.5, 0.6) is 0 Å². The van der Waals surface area contributed by atoms with Crippen LogP contribution in [-0.4, -0.2) is 35.8 Å². The summed E-state index contributed by atoms with van der Waals surface area (Å²) >= 11 is 3.29. The molecule has 3 heterocycles. The van der Waals surface area contributed by atoms with Crippen LogP contribution in [0.2, 0.25) is 0 Å². The molecule has 0 aromatic carbocycles. The van der Waals surface area contributed by atoms with Crippen molar-refractivity contribution in [2.75, 3.05) is 0 Å². The molecule has 1 N–H and O–H groups in total. The molecule has 0 spiro atoms. The minimum Gasteiger partial charge on any atom is -0.478 e. The van der Waals surface area contributed by atoms with Gasteiger partial charge >= 0.3 is 5.97 Å². The number of nitrogens with zero attached hydrogens (tertiary/aromatic N) is 5. The Hall–Kier alpha value is -2.61. The van der Waals surface area contributed by atoms with Crippen molar-refractivity contribution in [2.45, 2.75) is 0 Å². The van der Waals surface area contributed by atoms with Crippen molar-refractivity contribution in [1.82, 2.24) is 24.7 Å². The van der Waals surface area contributed by atoms with Crippen LogP contribution in [0.15, 0.2) is 47.6 Å². The highest BCUT2D eigenvalue weighted by Crippen LogP contribution is 2.21. The molecular weight excluding hydrogens is 338 g/mol. The fraction of sp³-hybridized carbons (Fsp3) is 0. The molecular formula is C13H8BrN5O2. The van der Waals surface area contributed by atoms with E-state index in [2.05, 4.69) is 36.0 Å². The smallest absolute Gasteiger partial charge is 0.339 e. The largest absolute Gasteiger partial charge is 0.478 e. The zero-order chi connectivity index (χ0) is 14.8. The van der Waals surface area contributed by atoms with Crippen molar-refractivity contribution in [2.24, 2.45) is 0 Å². The van der Waals surface area contributed by atoms with E-state index < -0.39 is 5.97 Å². The van der Waals surface area contributed by atoms with E-state index in [-0.39, 0.29) is 11.3 Å². The summed E-state index contributed by atoms with van der Waals surface area (Å²) in [6.07, 6.45) is 7.48. The van der Waals surface area contributed by atoms with Gasteiger partial charge in [0.05, 0.1) is 6.20 Å². The van der Waals surface area contributed by atoms with Gasteiger partial charge in [-0.3, -0.25) is 9.97 Å². The Labute approximate surface area is 127 Å². The van der Waals surface area contributed by atoms with Gasteiger partial charge in [-0.2, -0.15) is 5.10 Å². The molecule has 0 saturated heterocycles. The molecule has 0 aliphatic carbocycles. The third kappa shape index (κ3) is 2.65. The van der Waals surface area contributed by atoms with Crippen molar-refractivity contribution in [3.63, 3.8) is 0 Å². The highest BCUT2D eigenvalue weighted by atomic mass is 79.9. The fourth-order valence-electron chi connectivity index (χ4n) is 1.76. The van der Waals surface area contributed by atoms with E-state index in [1.807, 2.05) is 0 Å². The molecule has 21 heavy (non-hydrogen) atoms. The molecule has 0 amide bonds. The van der Waals surface area contributed by atoms with Crippen LogP contribution in [0.25, 0.3) is 17.2 Å². The first-order valence-corrected chi connectivity index (χ1v) is 6.66. The van der Waals surface area contributed by atoms with Crippen LogP contribution in [0.4, 0.5) is 0 Å². The summed E-state index contributed by atoms with van der Waals surface area (Å²) in [6.45, 7) is 0. The number of aromatic nitrogens is 5. The zero-order valence-corrected chi connectivity index (χ0v) is 12.1. The summed E-state index contributed by atoms with van der Waals surface area (Å²) in [5.41, 5.74) is 0.686. The van der Waals surface area contributed by atoms with Crippen LogP contribution in [0, 0.1) is 0 Å². The Morgan fingerprint density at radius 1 is 1.19 bits per heavy atom. The molecule has 3 rings (SSSR count). The number of carbonyl (C=O) groups is 1. The van der Waals surface area contributed by atoms with Crippen LogP contribution in [0.3, 0.4) is 0 Å². The predicted molar refractivity (Wildman–Crippen MR) is 77.0 cm³/mol. The average Bonchev–Trinajstić information content (AvgIpc) is 2.94. The maximum absolute atomic E-state index is 11.4. The second kappa shape index (κ2) is 5.41. The standard InChI is InChI=1S/C13H8BrN5O2/c14-8-1-2-11(17-5-8)19-7-9(13(20)21)12(18-19)10-6-15-3-4-16-10/h1-7H,(H,20,21). The number of carboxylic acid groups (broad SMARTS) is 1. The van der Waals surface area contributed by atoms with Crippen LogP contribution < -0.4 is 0 Å². The Bertz CT molecular complexity index is 786. The van der Waals surface area contributed by atoms with E-state index in [9.17, 15) is 9.90 Å². The summed E-state index contributed by atoms with van der Waals surface area (Å²) in [6, 6.07) is 3.52. The van der Waals surface area contributed by atoms with Gasteiger partial charge in [0.1, 0.15) is 17.0 Å². The van der Waals surface area contributed by atoms with Gasteiger partial charge in [0.2, 0.25) is 0 Å². The molecule has 3 aromatic rings. The maximum Gasteiger partial charge on any atom is 0.339 e.